The fraction of sp³-hybridized carbons (Fsp3) is 0.444. The summed E-state index contributed by atoms with van der Waals surface area (Å²) in [5.41, 5.74) is 0. The number of carbonyl (C=O) groups excluding carboxylic acids is 1. The number of hydrogen-bond acceptors (Lipinski definition) is 3. The van der Waals surface area contributed by atoms with Crippen LogP contribution in [-0.2, 0) is 14.0 Å². The van der Waals surface area contributed by atoms with E-state index in [1.807, 2.05) is 0 Å². The van der Waals surface area contributed by atoms with Crippen LogP contribution >= 0.6 is 0 Å². The highest BCUT2D eigenvalue weighted by Crippen LogP contribution is 1.91. The lowest BCUT2D eigenvalue weighted by Gasteiger charge is -2.01. The van der Waals surface area contributed by atoms with Gasteiger partial charge in [-0.1, -0.05) is 12.7 Å². The van der Waals surface area contributed by atoms with Gasteiger partial charge in [-0.25, -0.2) is 4.79 Å². The minimum absolute atomic E-state index is 0.353. The highest BCUT2D eigenvalue weighted by Gasteiger charge is 1.94. The Morgan fingerprint density at radius 3 is 2.85 bits per heavy atom. The molecule has 0 aromatic carbocycles. The molecule has 0 fully saturated rings. The van der Waals surface area contributed by atoms with E-state index in [2.05, 4.69) is 13.2 Å². The van der Waals surface area contributed by atoms with Gasteiger partial charge in [0.15, 0.2) is 9.76 Å². The van der Waals surface area contributed by atoms with Gasteiger partial charge in [0.2, 0.25) is 0 Å². The largest absolute Gasteiger partial charge is 0.463 e. The van der Waals surface area contributed by atoms with Crippen molar-refractivity contribution in [2.45, 2.75) is 12.5 Å². The fourth-order valence-corrected chi connectivity index (χ4v) is 1.65. The molecule has 13 heavy (non-hydrogen) atoms. The topological polar surface area (TPSA) is 35.5 Å². The molecule has 0 saturated carbocycles. The number of hydrogen-bond donors (Lipinski definition) is 0. The molecule has 0 amide bonds. The van der Waals surface area contributed by atoms with Crippen molar-refractivity contribution in [1.29, 1.82) is 0 Å². The van der Waals surface area contributed by atoms with Crippen molar-refractivity contribution < 1.29 is 14.0 Å². The van der Waals surface area contributed by atoms with Crippen LogP contribution in [0.15, 0.2) is 25.3 Å². The molecule has 0 spiro atoms. The van der Waals surface area contributed by atoms with E-state index in [4.69, 9.17) is 9.16 Å². The summed E-state index contributed by atoms with van der Waals surface area (Å²) in [4.78, 5) is 10.6. The zero-order valence-corrected chi connectivity index (χ0v) is 9.24. The number of carbonyl (C=O) groups is 1. The van der Waals surface area contributed by atoms with Crippen LogP contribution in [0.2, 0.25) is 6.04 Å². The zero-order chi connectivity index (χ0) is 9.94. The third kappa shape index (κ3) is 9.04. The first-order valence-corrected chi connectivity index (χ1v) is 5.87. The van der Waals surface area contributed by atoms with Crippen molar-refractivity contribution in [2.75, 3.05) is 13.2 Å². The molecule has 0 heterocycles. The summed E-state index contributed by atoms with van der Waals surface area (Å²) in [7, 11) is -0.439. The van der Waals surface area contributed by atoms with Crippen LogP contribution in [0.1, 0.15) is 6.42 Å². The SMILES string of the molecule is C=CCO[SiH2]CCCOC(=O)C=C. The third-order valence-electron chi connectivity index (χ3n) is 1.33. The van der Waals surface area contributed by atoms with Crippen LogP contribution in [0.3, 0.4) is 0 Å². The van der Waals surface area contributed by atoms with Gasteiger partial charge >= 0.3 is 5.97 Å². The minimum atomic E-state index is -0.439. The second-order valence-corrected chi connectivity index (χ2v) is 3.97. The van der Waals surface area contributed by atoms with Gasteiger partial charge in [-0.15, -0.1) is 6.58 Å². The van der Waals surface area contributed by atoms with Gasteiger partial charge in [0.25, 0.3) is 0 Å². The molecule has 0 aromatic heterocycles. The summed E-state index contributed by atoms with van der Waals surface area (Å²) in [6, 6.07) is 1.03. The number of ether oxygens (including phenoxy) is 1. The van der Waals surface area contributed by atoms with Gasteiger partial charge in [-0.2, -0.15) is 0 Å². The first kappa shape index (κ1) is 12.1. The number of rotatable bonds is 8. The smallest absolute Gasteiger partial charge is 0.330 e. The molecule has 0 N–H and O–H groups in total. The standard InChI is InChI=1S/C9H16O3Si/c1-3-6-12-13-8-5-7-11-9(10)4-2/h3-4H,1-2,5-8,13H2. The average molecular weight is 200 g/mol. The summed E-state index contributed by atoms with van der Waals surface area (Å²) in [6.45, 7) is 7.95. The highest BCUT2D eigenvalue weighted by molar-refractivity contribution is 6.27. The Kier molecular flexibility index (Phi) is 8.60. The molecule has 0 aromatic rings. The molecule has 0 atom stereocenters. The molecule has 0 saturated heterocycles. The van der Waals surface area contributed by atoms with Crippen LogP contribution in [0.25, 0.3) is 0 Å². The highest BCUT2D eigenvalue weighted by atomic mass is 28.2. The first-order chi connectivity index (χ1) is 6.31. The second-order valence-electron chi connectivity index (χ2n) is 2.44. The van der Waals surface area contributed by atoms with Gasteiger partial charge in [-0.3, -0.25) is 0 Å². The first-order valence-electron chi connectivity index (χ1n) is 4.29. The predicted octanol–water partition coefficient (Wildman–Crippen LogP) is 0.810. The van der Waals surface area contributed by atoms with E-state index in [0.29, 0.717) is 13.2 Å². The van der Waals surface area contributed by atoms with Crippen molar-refractivity contribution in [3.05, 3.63) is 25.3 Å². The normalized spacial score (nSPS) is 10.2. The molecular formula is C9H16O3Si. The summed E-state index contributed by atoms with van der Waals surface area (Å²) < 4.78 is 10.1. The summed E-state index contributed by atoms with van der Waals surface area (Å²) in [6.07, 6.45) is 3.79. The van der Waals surface area contributed by atoms with Gasteiger partial charge < -0.3 is 9.16 Å². The van der Waals surface area contributed by atoms with Crippen LogP contribution < -0.4 is 0 Å². The van der Waals surface area contributed by atoms with Gasteiger partial charge in [0.1, 0.15) is 0 Å². The Morgan fingerprint density at radius 1 is 1.46 bits per heavy atom. The van der Waals surface area contributed by atoms with E-state index in [9.17, 15) is 4.79 Å². The van der Waals surface area contributed by atoms with E-state index >= 15 is 0 Å². The minimum Gasteiger partial charge on any atom is -0.463 e. The Hall–Kier alpha value is -0.873. The van der Waals surface area contributed by atoms with Crippen molar-refractivity contribution in [3.63, 3.8) is 0 Å². The Labute approximate surface area is 81.4 Å². The van der Waals surface area contributed by atoms with E-state index in [0.717, 1.165) is 12.5 Å². The number of esters is 1. The predicted molar refractivity (Wildman–Crippen MR) is 55.3 cm³/mol. The van der Waals surface area contributed by atoms with Gasteiger partial charge in [-0.05, 0) is 12.5 Å². The molecule has 0 aliphatic rings. The van der Waals surface area contributed by atoms with E-state index < -0.39 is 9.76 Å². The van der Waals surface area contributed by atoms with E-state index in [1.165, 1.54) is 6.08 Å². The molecule has 4 heteroatoms. The Morgan fingerprint density at radius 2 is 2.23 bits per heavy atom. The zero-order valence-electron chi connectivity index (χ0n) is 7.83. The Balaban J connectivity index is 3.03. The molecule has 0 bridgehead atoms. The van der Waals surface area contributed by atoms with Crippen LogP contribution in [0.5, 0.6) is 0 Å². The van der Waals surface area contributed by atoms with Gasteiger partial charge in [0.05, 0.1) is 13.2 Å². The van der Waals surface area contributed by atoms with Crippen molar-refractivity contribution in [2.24, 2.45) is 0 Å². The van der Waals surface area contributed by atoms with E-state index in [1.54, 1.807) is 6.08 Å². The molecule has 0 unspecified atom stereocenters. The third-order valence-corrected chi connectivity index (χ3v) is 2.64. The van der Waals surface area contributed by atoms with Crippen LogP contribution in [0, 0.1) is 0 Å². The lowest BCUT2D eigenvalue weighted by molar-refractivity contribution is -0.137. The summed E-state index contributed by atoms with van der Waals surface area (Å²) >= 11 is 0. The molecule has 0 radical (unpaired) electrons. The average Bonchev–Trinajstić information content (AvgIpc) is 2.16. The van der Waals surface area contributed by atoms with Crippen molar-refractivity contribution >= 4 is 15.7 Å². The monoisotopic (exact) mass is 200 g/mol. The lowest BCUT2D eigenvalue weighted by Crippen LogP contribution is -2.04. The van der Waals surface area contributed by atoms with Crippen molar-refractivity contribution in [3.8, 4) is 0 Å². The quantitative estimate of drug-likeness (QED) is 0.191. The molecule has 0 aliphatic carbocycles. The maximum Gasteiger partial charge on any atom is 0.330 e. The van der Waals surface area contributed by atoms with Crippen molar-refractivity contribution in [1.82, 2.24) is 0 Å². The van der Waals surface area contributed by atoms with Gasteiger partial charge in [0, 0.05) is 6.08 Å². The maximum atomic E-state index is 10.6. The fourth-order valence-electron chi connectivity index (χ4n) is 0.705. The Bertz CT molecular complexity index is 168. The van der Waals surface area contributed by atoms with Crippen LogP contribution in [-0.4, -0.2) is 28.9 Å². The second kappa shape index (κ2) is 9.22. The molecule has 3 nitrogen and oxygen atoms in total. The van der Waals surface area contributed by atoms with Crippen LogP contribution in [0.4, 0.5) is 0 Å². The molecule has 0 rings (SSSR count). The molecule has 74 valence electrons. The summed E-state index contributed by atoms with van der Waals surface area (Å²) in [5, 5.41) is 0. The lowest BCUT2D eigenvalue weighted by atomic mass is 10.5. The van der Waals surface area contributed by atoms with E-state index in [-0.39, 0.29) is 5.97 Å². The summed E-state index contributed by atoms with van der Waals surface area (Å²) in [5.74, 6) is -0.353. The molecule has 0 aliphatic heterocycles. The maximum absolute atomic E-state index is 10.6. The molecular weight excluding hydrogens is 184 g/mol.